The predicted molar refractivity (Wildman–Crippen MR) is 76.0 cm³/mol. The third kappa shape index (κ3) is 1.95. The van der Waals surface area contributed by atoms with Crippen LogP contribution in [0.25, 0.3) is 16.9 Å². The predicted octanol–water partition coefficient (Wildman–Crippen LogP) is 4.18. The molecule has 1 N–H and O–H groups in total. The molecular formula is C13H9ClFN3S. The van der Waals surface area contributed by atoms with Crippen LogP contribution in [-0.4, -0.2) is 14.5 Å². The van der Waals surface area contributed by atoms with Gasteiger partial charge in [-0.15, -0.1) is 0 Å². The lowest BCUT2D eigenvalue weighted by molar-refractivity contribution is 0.627. The van der Waals surface area contributed by atoms with Gasteiger partial charge < -0.3 is 4.98 Å². The van der Waals surface area contributed by atoms with Gasteiger partial charge in [0.05, 0.1) is 16.2 Å². The molecule has 0 fully saturated rings. The zero-order chi connectivity index (χ0) is 13.6. The normalized spacial score (nSPS) is 11.1. The Labute approximate surface area is 118 Å². The molecule has 0 aliphatic rings. The highest BCUT2D eigenvalue weighted by Crippen LogP contribution is 2.26. The SMILES string of the molecule is Cc1ccnc2c1[nH]c(=S)n2-c1ccc(F)cc1Cl. The number of halogens is 2. The summed E-state index contributed by atoms with van der Waals surface area (Å²) in [5.74, 6) is -0.385. The van der Waals surface area contributed by atoms with Crippen molar-refractivity contribution in [3.8, 4) is 5.69 Å². The van der Waals surface area contributed by atoms with Gasteiger partial charge in [0.25, 0.3) is 0 Å². The lowest BCUT2D eigenvalue weighted by Gasteiger charge is -2.06. The summed E-state index contributed by atoms with van der Waals surface area (Å²) in [6.07, 6.45) is 1.70. The third-order valence-electron chi connectivity index (χ3n) is 2.94. The van der Waals surface area contributed by atoms with E-state index in [2.05, 4.69) is 9.97 Å². The number of rotatable bonds is 1. The summed E-state index contributed by atoms with van der Waals surface area (Å²) < 4.78 is 15.3. The molecule has 3 nitrogen and oxygen atoms in total. The van der Waals surface area contributed by atoms with Gasteiger partial charge in [-0.2, -0.15) is 0 Å². The zero-order valence-electron chi connectivity index (χ0n) is 9.95. The molecule has 0 saturated carbocycles. The maximum atomic E-state index is 13.1. The number of pyridine rings is 1. The Morgan fingerprint density at radius 3 is 2.89 bits per heavy atom. The number of fused-ring (bicyclic) bond motifs is 1. The first-order valence-electron chi connectivity index (χ1n) is 5.59. The molecule has 0 aliphatic heterocycles. The van der Waals surface area contributed by atoms with Crippen molar-refractivity contribution in [1.82, 2.24) is 14.5 Å². The van der Waals surface area contributed by atoms with Gasteiger partial charge in [0, 0.05) is 6.20 Å². The van der Waals surface area contributed by atoms with E-state index in [1.165, 1.54) is 12.1 Å². The molecule has 2 aromatic heterocycles. The number of benzene rings is 1. The Morgan fingerprint density at radius 2 is 2.16 bits per heavy atom. The lowest BCUT2D eigenvalue weighted by Crippen LogP contribution is -1.97. The number of imidazole rings is 1. The average Bonchev–Trinajstić information content (AvgIpc) is 2.68. The molecule has 3 rings (SSSR count). The van der Waals surface area contributed by atoms with Crippen LogP contribution in [0.15, 0.2) is 30.5 Å². The minimum atomic E-state index is -0.385. The van der Waals surface area contributed by atoms with Gasteiger partial charge in [0.15, 0.2) is 10.4 Å². The highest BCUT2D eigenvalue weighted by molar-refractivity contribution is 7.71. The molecule has 0 spiro atoms. The Hall–Kier alpha value is -1.72. The topological polar surface area (TPSA) is 33.6 Å². The van der Waals surface area contributed by atoms with Crippen molar-refractivity contribution < 1.29 is 4.39 Å². The van der Waals surface area contributed by atoms with Crippen molar-refractivity contribution in [1.29, 1.82) is 0 Å². The van der Waals surface area contributed by atoms with E-state index in [4.69, 9.17) is 23.8 Å². The van der Waals surface area contributed by atoms with E-state index in [-0.39, 0.29) is 5.82 Å². The molecule has 96 valence electrons. The first-order valence-corrected chi connectivity index (χ1v) is 6.38. The minimum Gasteiger partial charge on any atom is -0.329 e. The number of aryl methyl sites for hydroxylation is 1. The maximum Gasteiger partial charge on any atom is 0.184 e. The quantitative estimate of drug-likeness (QED) is 0.683. The fraction of sp³-hybridized carbons (Fsp3) is 0.0769. The van der Waals surface area contributed by atoms with E-state index in [9.17, 15) is 4.39 Å². The molecule has 0 amide bonds. The molecule has 0 atom stereocenters. The standard InChI is InChI=1S/C13H9ClFN3S/c1-7-4-5-16-12-11(7)17-13(19)18(12)10-3-2-8(15)6-9(10)14/h2-6H,1H3,(H,17,19). The molecule has 1 aromatic carbocycles. The van der Waals surface area contributed by atoms with E-state index < -0.39 is 0 Å². The second-order valence-corrected chi connectivity index (χ2v) is 4.98. The fourth-order valence-electron chi connectivity index (χ4n) is 2.01. The Kier molecular flexibility index (Phi) is 2.88. The van der Waals surface area contributed by atoms with Gasteiger partial charge in [0.1, 0.15) is 5.82 Å². The number of hydrogen-bond acceptors (Lipinski definition) is 2. The van der Waals surface area contributed by atoms with Gasteiger partial charge in [-0.3, -0.25) is 4.57 Å². The van der Waals surface area contributed by atoms with Gasteiger partial charge in [-0.25, -0.2) is 9.37 Å². The summed E-state index contributed by atoms with van der Waals surface area (Å²) in [6, 6.07) is 6.08. The summed E-state index contributed by atoms with van der Waals surface area (Å²) in [5, 5.41) is 0.292. The Bertz CT molecular complexity index is 838. The summed E-state index contributed by atoms with van der Waals surface area (Å²) in [7, 11) is 0. The number of nitrogens with one attached hydrogen (secondary N) is 1. The van der Waals surface area contributed by atoms with Crippen LogP contribution in [0, 0.1) is 17.5 Å². The molecule has 19 heavy (non-hydrogen) atoms. The van der Waals surface area contributed by atoms with E-state index in [0.29, 0.717) is 21.1 Å². The largest absolute Gasteiger partial charge is 0.329 e. The van der Waals surface area contributed by atoms with Crippen molar-refractivity contribution in [2.45, 2.75) is 6.92 Å². The second-order valence-electron chi connectivity index (χ2n) is 4.19. The number of nitrogens with zero attached hydrogens (tertiary/aromatic N) is 2. The highest BCUT2D eigenvalue weighted by atomic mass is 35.5. The zero-order valence-corrected chi connectivity index (χ0v) is 11.5. The van der Waals surface area contributed by atoms with Gasteiger partial charge in [0.2, 0.25) is 0 Å². The molecule has 0 unspecified atom stereocenters. The van der Waals surface area contributed by atoms with Crippen molar-refractivity contribution in [2.75, 3.05) is 0 Å². The van der Waals surface area contributed by atoms with Crippen LogP contribution in [-0.2, 0) is 0 Å². The van der Waals surface area contributed by atoms with Crippen LogP contribution in [0.5, 0.6) is 0 Å². The van der Waals surface area contributed by atoms with E-state index in [0.717, 1.165) is 11.1 Å². The molecule has 0 aliphatic carbocycles. The van der Waals surface area contributed by atoms with E-state index >= 15 is 0 Å². The Morgan fingerprint density at radius 1 is 1.37 bits per heavy atom. The van der Waals surface area contributed by atoms with Crippen molar-refractivity contribution in [3.05, 3.63) is 51.6 Å². The summed E-state index contributed by atoms with van der Waals surface area (Å²) in [5.41, 5.74) is 3.18. The van der Waals surface area contributed by atoms with E-state index in [1.807, 2.05) is 13.0 Å². The van der Waals surface area contributed by atoms with Crippen molar-refractivity contribution >= 4 is 35.0 Å². The average molecular weight is 294 g/mol. The Balaban J connectivity index is 2.40. The molecular weight excluding hydrogens is 285 g/mol. The second kappa shape index (κ2) is 4.43. The number of hydrogen-bond donors (Lipinski definition) is 1. The number of aromatic amines is 1. The van der Waals surface area contributed by atoms with Crippen LogP contribution in [0.3, 0.4) is 0 Å². The fourth-order valence-corrected chi connectivity index (χ4v) is 2.55. The first kappa shape index (κ1) is 12.3. The number of aromatic nitrogens is 3. The minimum absolute atomic E-state index is 0.292. The van der Waals surface area contributed by atoms with Crippen LogP contribution >= 0.6 is 23.8 Å². The van der Waals surface area contributed by atoms with Gasteiger partial charge in [-0.1, -0.05) is 11.6 Å². The molecule has 0 bridgehead atoms. The van der Waals surface area contributed by atoms with Crippen LogP contribution < -0.4 is 0 Å². The van der Waals surface area contributed by atoms with E-state index in [1.54, 1.807) is 16.8 Å². The summed E-state index contributed by atoms with van der Waals surface area (Å²) >= 11 is 11.4. The third-order valence-corrected chi connectivity index (χ3v) is 3.52. The van der Waals surface area contributed by atoms with Gasteiger partial charge in [-0.05, 0) is 49.0 Å². The van der Waals surface area contributed by atoms with Crippen molar-refractivity contribution in [2.24, 2.45) is 0 Å². The van der Waals surface area contributed by atoms with Crippen LogP contribution in [0.2, 0.25) is 5.02 Å². The first-order chi connectivity index (χ1) is 9.08. The van der Waals surface area contributed by atoms with Gasteiger partial charge >= 0.3 is 0 Å². The molecule has 2 heterocycles. The molecule has 6 heteroatoms. The summed E-state index contributed by atoms with van der Waals surface area (Å²) in [4.78, 5) is 7.41. The number of H-pyrrole nitrogens is 1. The molecule has 0 radical (unpaired) electrons. The van der Waals surface area contributed by atoms with Crippen LogP contribution in [0.4, 0.5) is 4.39 Å². The lowest BCUT2D eigenvalue weighted by atomic mass is 10.2. The summed E-state index contributed by atoms with van der Waals surface area (Å²) in [6.45, 7) is 1.96. The molecule has 3 aromatic rings. The monoisotopic (exact) mass is 293 g/mol. The van der Waals surface area contributed by atoms with Crippen LogP contribution in [0.1, 0.15) is 5.56 Å². The smallest absolute Gasteiger partial charge is 0.184 e. The maximum absolute atomic E-state index is 13.1. The molecule has 0 saturated heterocycles. The highest BCUT2D eigenvalue weighted by Gasteiger charge is 2.12. The van der Waals surface area contributed by atoms with Crippen molar-refractivity contribution in [3.63, 3.8) is 0 Å².